The first-order chi connectivity index (χ1) is 13.8. The Morgan fingerprint density at radius 2 is 1.93 bits per heavy atom. The third-order valence-electron chi connectivity index (χ3n) is 4.02. The molecule has 0 aliphatic carbocycles. The van der Waals surface area contributed by atoms with Crippen molar-refractivity contribution in [3.63, 3.8) is 0 Å². The summed E-state index contributed by atoms with van der Waals surface area (Å²) in [5.41, 5.74) is -0.260. The van der Waals surface area contributed by atoms with Crippen molar-refractivity contribution in [2.24, 2.45) is 0 Å². The number of rotatable bonds is 8. The van der Waals surface area contributed by atoms with Crippen LogP contribution in [0.1, 0.15) is 13.8 Å². The quantitative estimate of drug-likeness (QED) is 0.373. The summed E-state index contributed by atoms with van der Waals surface area (Å²) < 4.78 is 10.6. The van der Waals surface area contributed by atoms with E-state index in [1.807, 2.05) is 0 Å². The normalized spacial score (nSPS) is 10.9. The molecule has 10 nitrogen and oxygen atoms in total. The molecule has 1 aromatic carbocycles. The van der Waals surface area contributed by atoms with Gasteiger partial charge in [0.05, 0.1) is 18.9 Å². The Morgan fingerprint density at radius 3 is 2.55 bits per heavy atom. The van der Waals surface area contributed by atoms with Crippen molar-refractivity contribution in [2.45, 2.75) is 19.4 Å². The summed E-state index contributed by atoms with van der Waals surface area (Å²) in [5, 5.41) is 10.5. The number of hydrogen-bond donors (Lipinski definition) is 4. The van der Waals surface area contributed by atoms with Crippen molar-refractivity contribution >= 4 is 23.4 Å². The van der Waals surface area contributed by atoms with E-state index in [4.69, 9.17) is 9.15 Å². The van der Waals surface area contributed by atoms with Crippen LogP contribution in [0.3, 0.4) is 0 Å². The third kappa shape index (κ3) is 5.79. The minimum Gasteiger partial charge on any atom is -0.496 e. The SMILES string of the molecule is CNCCNC(=O)C(C)(C)NC(=O)C(=O)Nc1ccc(-c2cnco2)c(OC)c1. The minimum atomic E-state index is -1.25. The van der Waals surface area contributed by atoms with Gasteiger partial charge in [0.15, 0.2) is 12.2 Å². The minimum absolute atomic E-state index is 0.349. The van der Waals surface area contributed by atoms with Crippen molar-refractivity contribution in [3.05, 3.63) is 30.8 Å². The monoisotopic (exact) mass is 403 g/mol. The highest BCUT2D eigenvalue weighted by Gasteiger charge is 2.31. The molecule has 156 valence electrons. The molecular weight excluding hydrogens is 378 g/mol. The first-order valence-electron chi connectivity index (χ1n) is 8.91. The lowest BCUT2D eigenvalue weighted by Crippen LogP contribution is -2.57. The molecule has 3 amide bonds. The van der Waals surface area contributed by atoms with Crippen LogP contribution in [-0.2, 0) is 14.4 Å². The summed E-state index contributed by atoms with van der Waals surface area (Å²) in [6, 6.07) is 4.83. The summed E-state index contributed by atoms with van der Waals surface area (Å²) in [6.45, 7) is 4.02. The van der Waals surface area contributed by atoms with Gasteiger partial charge in [-0.05, 0) is 33.0 Å². The van der Waals surface area contributed by atoms with Gasteiger partial charge in [-0.2, -0.15) is 0 Å². The molecule has 10 heteroatoms. The van der Waals surface area contributed by atoms with Gasteiger partial charge in [-0.1, -0.05) is 0 Å². The van der Waals surface area contributed by atoms with E-state index in [1.165, 1.54) is 33.5 Å². The second kappa shape index (κ2) is 9.69. The molecule has 1 heterocycles. The van der Waals surface area contributed by atoms with E-state index in [2.05, 4.69) is 26.3 Å². The van der Waals surface area contributed by atoms with E-state index in [-0.39, 0.29) is 0 Å². The van der Waals surface area contributed by atoms with E-state index in [9.17, 15) is 14.4 Å². The van der Waals surface area contributed by atoms with E-state index < -0.39 is 23.3 Å². The van der Waals surface area contributed by atoms with Crippen molar-refractivity contribution in [1.82, 2.24) is 20.9 Å². The number of methoxy groups -OCH3 is 1. The van der Waals surface area contributed by atoms with Crippen LogP contribution in [0.25, 0.3) is 11.3 Å². The second-order valence-corrected chi connectivity index (χ2v) is 6.67. The van der Waals surface area contributed by atoms with Gasteiger partial charge in [-0.25, -0.2) is 4.98 Å². The number of hydrogen-bond acceptors (Lipinski definition) is 7. The largest absolute Gasteiger partial charge is 0.496 e. The molecule has 0 spiro atoms. The van der Waals surface area contributed by atoms with Gasteiger partial charge >= 0.3 is 11.8 Å². The zero-order valence-electron chi connectivity index (χ0n) is 16.8. The Labute approximate surface area is 168 Å². The van der Waals surface area contributed by atoms with E-state index in [0.717, 1.165) is 0 Å². The molecule has 2 rings (SSSR count). The fraction of sp³-hybridized carbons (Fsp3) is 0.368. The van der Waals surface area contributed by atoms with Crippen LogP contribution in [0, 0.1) is 0 Å². The number of nitrogens with zero attached hydrogens (tertiary/aromatic N) is 1. The summed E-state index contributed by atoms with van der Waals surface area (Å²) in [6.07, 6.45) is 2.83. The van der Waals surface area contributed by atoms with E-state index >= 15 is 0 Å². The predicted octanol–water partition coefficient (Wildman–Crippen LogP) is 0.519. The smallest absolute Gasteiger partial charge is 0.313 e. The molecule has 0 unspecified atom stereocenters. The van der Waals surface area contributed by atoms with Crippen molar-refractivity contribution in [1.29, 1.82) is 0 Å². The molecule has 29 heavy (non-hydrogen) atoms. The standard InChI is InChI=1S/C19H25N5O5/c1-19(2,18(27)22-8-7-20-3)24-17(26)16(25)23-12-5-6-13(14(9-12)28-4)15-10-21-11-29-15/h5-6,9-11,20H,7-8H2,1-4H3,(H,22,27)(H,23,25)(H,24,26). The third-order valence-corrected chi connectivity index (χ3v) is 4.02. The molecule has 4 N–H and O–H groups in total. The Hall–Kier alpha value is -3.40. The summed E-state index contributed by atoms with van der Waals surface area (Å²) in [4.78, 5) is 40.5. The van der Waals surface area contributed by atoms with Crippen molar-refractivity contribution in [2.75, 3.05) is 32.6 Å². The lowest BCUT2D eigenvalue weighted by Gasteiger charge is -2.24. The van der Waals surface area contributed by atoms with Crippen molar-refractivity contribution < 1.29 is 23.5 Å². The summed E-state index contributed by atoms with van der Waals surface area (Å²) >= 11 is 0. The van der Waals surface area contributed by atoms with Gasteiger partial charge in [0.1, 0.15) is 11.3 Å². The maximum Gasteiger partial charge on any atom is 0.313 e. The highest BCUT2D eigenvalue weighted by molar-refractivity contribution is 6.40. The summed E-state index contributed by atoms with van der Waals surface area (Å²) in [5.74, 6) is -1.30. The fourth-order valence-corrected chi connectivity index (χ4v) is 2.43. The average molecular weight is 403 g/mol. The topological polar surface area (TPSA) is 135 Å². The number of anilines is 1. The highest BCUT2D eigenvalue weighted by Crippen LogP contribution is 2.32. The molecule has 0 atom stereocenters. The number of carbonyl (C=O) groups excluding carboxylic acids is 3. The number of oxazole rings is 1. The molecule has 0 bridgehead atoms. The van der Waals surface area contributed by atoms with Crippen LogP contribution in [-0.4, -0.2) is 55.5 Å². The molecular formula is C19H25N5O5. The summed E-state index contributed by atoms with van der Waals surface area (Å²) in [7, 11) is 3.24. The second-order valence-electron chi connectivity index (χ2n) is 6.67. The number of carbonyl (C=O) groups is 3. The number of amides is 3. The zero-order valence-corrected chi connectivity index (χ0v) is 16.8. The number of ether oxygens (including phenoxy) is 1. The molecule has 0 aliphatic heterocycles. The number of aromatic nitrogens is 1. The Morgan fingerprint density at radius 1 is 1.17 bits per heavy atom. The molecule has 2 aromatic rings. The van der Waals surface area contributed by atoms with Gasteiger partial charge in [0.25, 0.3) is 0 Å². The van der Waals surface area contributed by atoms with Gasteiger partial charge in [0.2, 0.25) is 5.91 Å². The number of nitrogens with one attached hydrogen (secondary N) is 4. The van der Waals surface area contributed by atoms with E-state index in [0.29, 0.717) is 35.9 Å². The lowest BCUT2D eigenvalue weighted by molar-refractivity contribution is -0.139. The van der Waals surface area contributed by atoms with Crippen LogP contribution >= 0.6 is 0 Å². The number of benzene rings is 1. The van der Waals surface area contributed by atoms with Crippen molar-refractivity contribution in [3.8, 4) is 17.1 Å². The van der Waals surface area contributed by atoms with Gasteiger partial charge in [-0.3, -0.25) is 14.4 Å². The average Bonchev–Trinajstić information content (AvgIpc) is 3.22. The maximum atomic E-state index is 12.3. The first kappa shape index (κ1) is 21.9. The molecule has 0 saturated heterocycles. The van der Waals surface area contributed by atoms with Crippen LogP contribution in [0.4, 0.5) is 5.69 Å². The Bertz CT molecular complexity index is 864. The van der Waals surface area contributed by atoms with Crippen LogP contribution in [0.15, 0.2) is 35.2 Å². The maximum absolute atomic E-state index is 12.3. The molecule has 0 radical (unpaired) electrons. The zero-order chi connectivity index (χ0) is 21.4. The van der Waals surface area contributed by atoms with Crippen LogP contribution < -0.4 is 26.0 Å². The van der Waals surface area contributed by atoms with Crippen LogP contribution in [0.2, 0.25) is 0 Å². The van der Waals surface area contributed by atoms with Crippen LogP contribution in [0.5, 0.6) is 5.75 Å². The lowest BCUT2D eigenvalue weighted by atomic mass is 10.0. The van der Waals surface area contributed by atoms with Gasteiger partial charge in [0, 0.05) is 24.8 Å². The first-order valence-corrected chi connectivity index (χ1v) is 8.91. The molecule has 1 aromatic heterocycles. The fourth-order valence-electron chi connectivity index (χ4n) is 2.43. The molecule has 0 fully saturated rings. The molecule has 0 aliphatic rings. The number of likely N-dealkylation sites (N-methyl/N-ethyl adjacent to an activating group) is 1. The Balaban J connectivity index is 2.02. The predicted molar refractivity (Wildman–Crippen MR) is 106 cm³/mol. The highest BCUT2D eigenvalue weighted by atomic mass is 16.5. The van der Waals surface area contributed by atoms with Gasteiger partial charge < -0.3 is 30.4 Å². The van der Waals surface area contributed by atoms with E-state index in [1.54, 1.807) is 25.2 Å². The van der Waals surface area contributed by atoms with Gasteiger partial charge in [-0.15, -0.1) is 0 Å². The molecule has 0 saturated carbocycles. The Kier molecular flexibility index (Phi) is 7.32.